The molecule has 0 aliphatic rings. The summed E-state index contributed by atoms with van der Waals surface area (Å²) >= 11 is 9.21. The van der Waals surface area contributed by atoms with E-state index in [9.17, 15) is 8.42 Å². The van der Waals surface area contributed by atoms with E-state index in [-0.39, 0.29) is 4.90 Å². The fourth-order valence-electron chi connectivity index (χ4n) is 1.60. The van der Waals surface area contributed by atoms with Gasteiger partial charge in [-0.05, 0) is 35.9 Å². The van der Waals surface area contributed by atoms with Gasteiger partial charge in [-0.25, -0.2) is 8.42 Å². The summed E-state index contributed by atoms with van der Waals surface area (Å²) in [6, 6.07) is 11.7. The van der Waals surface area contributed by atoms with E-state index in [2.05, 4.69) is 15.9 Å². The molecule has 0 radical (unpaired) electrons. The van der Waals surface area contributed by atoms with Gasteiger partial charge in [0.15, 0.2) is 0 Å². The van der Waals surface area contributed by atoms with Crippen LogP contribution in [0.5, 0.6) is 0 Å². The van der Waals surface area contributed by atoms with Crippen LogP contribution in [-0.2, 0) is 9.05 Å². The molecule has 0 spiro atoms. The van der Waals surface area contributed by atoms with Crippen LogP contribution in [0, 0.1) is 0 Å². The molecular weight excluding hydrogens is 359 g/mol. The van der Waals surface area contributed by atoms with E-state index in [0.717, 1.165) is 4.47 Å². The van der Waals surface area contributed by atoms with Crippen LogP contribution in [0.25, 0.3) is 11.1 Å². The molecule has 0 fully saturated rings. The van der Waals surface area contributed by atoms with Gasteiger partial charge in [-0.3, -0.25) is 0 Å². The van der Waals surface area contributed by atoms with Gasteiger partial charge in [0.2, 0.25) is 0 Å². The van der Waals surface area contributed by atoms with Gasteiger partial charge >= 0.3 is 0 Å². The van der Waals surface area contributed by atoms with Gasteiger partial charge in [0, 0.05) is 25.7 Å². The molecule has 2 aromatic rings. The molecule has 0 aliphatic heterocycles. The highest BCUT2D eigenvalue weighted by molar-refractivity contribution is 9.10. The Kier molecular flexibility index (Phi) is 4.02. The van der Waals surface area contributed by atoms with Crippen LogP contribution in [-0.4, -0.2) is 8.42 Å². The first kappa shape index (κ1) is 13.9. The van der Waals surface area contributed by atoms with E-state index in [1.165, 1.54) is 6.07 Å². The summed E-state index contributed by atoms with van der Waals surface area (Å²) < 4.78 is 23.8. The SMILES string of the molecule is O=S(=O)(Cl)c1ccc(Br)cc1-c1cccc(Cl)c1. The predicted octanol–water partition coefficient (Wildman–Crippen LogP) is 4.70. The first-order valence-electron chi connectivity index (χ1n) is 4.88. The molecule has 2 rings (SSSR count). The Balaban J connectivity index is 2.74. The second-order valence-electron chi connectivity index (χ2n) is 3.59. The summed E-state index contributed by atoms with van der Waals surface area (Å²) in [5.41, 5.74) is 1.21. The fraction of sp³-hybridized carbons (Fsp3) is 0. The smallest absolute Gasteiger partial charge is 0.207 e. The lowest BCUT2D eigenvalue weighted by Crippen LogP contribution is -1.94. The minimum Gasteiger partial charge on any atom is -0.207 e. The van der Waals surface area contributed by atoms with Gasteiger partial charge in [0.25, 0.3) is 9.05 Å². The van der Waals surface area contributed by atoms with Crippen molar-refractivity contribution in [1.29, 1.82) is 0 Å². The van der Waals surface area contributed by atoms with E-state index in [4.69, 9.17) is 22.3 Å². The normalized spacial score (nSPS) is 11.5. The lowest BCUT2D eigenvalue weighted by Gasteiger charge is -2.08. The average Bonchev–Trinajstić information content (AvgIpc) is 2.27. The molecule has 2 nitrogen and oxygen atoms in total. The Labute approximate surface area is 123 Å². The van der Waals surface area contributed by atoms with Crippen LogP contribution >= 0.6 is 38.2 Å². The summed E-state index contributed by atoms with van der Waals surface area (Å²) in [5, 5.41) is 0.533. The van der Waals surface area contributed by atoms with Gasteiger partial charge in [-0.1, -0.05) is 39.7 Å². The van der Waals surface area contributed by atoms with E-state index in [0.29, 0.717) is 16.1 Å². The monoisotopic (exact) mass is 364 g/mol. The van der Waals surface area contributed by atoms with Crippen molar-refractivity contribution in [1.82, 2.24) is 0 Å². The highest BCUT2D eigenvalue weighted by Crippen LogP contribution is 2.33. The van der Waals surface area contributed by atoms with Crippen LogP contribution in [0.1, 0.15) is 0 Å². The van der Waals surface area contributed by atoms with Crippen molar-refractivity contribution in [3.8, 4) is 11.1 Å². The average molecular weight is 366 g/mol. The quantitative estimate of drug-likeness (QED) is 0.723. The van der Waals surface area contributed by atoms with Gasteiger partial charge in [-0.2, -0.15) is 0 Å². The third kappa shape index (κ3) is 3.06. The second kappa shape index (κ2) is 5.21. The molecule has 0 unspecified atom stereocenters. The maximum atomic E-state index is 11.5. The molecule has 0 N–H and O–H groups in total. The molecule has 0 heterocycles. The zero-order valence-corrected chi connectivity index (χ0v) is 12.8. The molecule has 0 saturated carbocycles. The van der Waals surface area contributed by atoms with E-state index in [1.54, 1.807) is 36.4 Å². The highest BCUT2D eigenvalue weighted by atomic mass is 79.9. The largest absolute Gasteiger partial charge is 0.261 e. The summed E-state index contributed by atoms with van der Waals surface area (Å²) in [7, 11) is 1.63. The zero-order valence-electron chi connectivity index (χ0n) is 8.90. The van der Waals surface area contributed by atoms with Gasteiger partial charge < -0.3 is 0 Å². The first-order chi connectivity index (χ1) is 8.38. The Morgan fingerprint density at radius 1 is 1.06 bits per heavy atom. The molecule has 0 amide bonds. The molecule has 0 atom stereocenters. The number of hydrogen-bond donors (Lipinski definition) is 0. The van der Waals surface area contributed by atoms with Crippen LogP contribution in [0.15, 0.2) is 51.8 Å². The van der Waals surface area contributed by atoms with Gasteiger partial charge in [-0.15, -0.1) is 0 Å². The minimum absolute atomic E-state index is 0.0645. The molecule has 0 aliphatic carbocycles. The molecule has 2 aromatic carbocycles. The molecular formula is C12H7BrCl2O2S. The van der Waals surface area contributed by atoms with Crippen LogP contribution < -0.4 is 0 Å². The Hall–Kier alpha value is -0.550. The summed E-state index contributed by atoms with van der Waals surface area (Å²) in [5.74, 6) is 0. The van der Waals surface area contributed by atoms with Gasteiger partial charge in [0.05, 0.1) is 4.90 Å². The summed E-state index contributed by atoms with van der Waals surface area (Å²) in [4.78, 5) is 0.0645. The van der Waals surface area contributed by atoms with E-state index >= 15 is 0 Å². The molecule has 0 saturated heterocycles. The molecule has 0 aromatic heterocycles. The lowest BCUT2D eigenvalue weighted by molar-refractivity contribution is 0.610. The summed E-state index contributed by atoms with van der Waals surface area (Å²) in [6.45, 7) is 0. The fourth-order valence-corrected chi connectivity index (χ4v) is 3.22. The second-order valence-corrected chi connectivity index (χ2v) is 7.48. The Morgan fingerprint density at radius 3 is 2.39 bits per heavy atom. The standard InChI is InChI=1S/C12H7BrCl2O2S/c13-9-4-5-12(18(15,16)17)11(7-9)8-2-1-3-10(14)6-8/h1-7H. The number of hydrogen-bond acceptors (Lipinski definition) is 2. The topological polar surface area (TPSA) is 34.1 Å². The molecule has 6 heteroatoms. The van der Waals surface area contributed by atoms with Crippen molar-refractivity contribution in [2.24, 2.45) is 0 Å². The number of rotatable bonds is 2. The van der Waals surface area contributed by atoms with Gasteiger partial charge in [0.1, 0.15) is 0 Å². The van der Waals surface area contributed by atoms with Crippen molar-refractivity contribution in [2.45, 2.75) is 4.90 Å². The third-order valence-corrected chi connectivity index (χ3v) is 4.45. The lowest BCUT2D eigenvalue weighted by atomic mass is 10.1. The van der Waals surface area contributed by atoms with E-state index < -0.39 is 9.05 Å². The van der Waals surface area contributed by atoms with Crippen LogP contribution in [0.2, 0.25) is 5.02 Å². The van der Waals surface area contributed by atoms with Crippen molar-refractivity contribution in [3.63, 3.8) is 0 Å². The zero-order chi connectivity index (χ0) is 13.3. The van der Waals surface area contributed by atoms with Crippen LogP contribution in [0.4, 0.5) is 0 Å². The van der Waals surface area contributed by atoms with Crippen molar-refractivity contribution in [3.05, 3.63) is 52.0 Å². The first-order valence-corrected chi connectivity index (χ1v) is 8.36. The number of halogens is 3. The Morgan fingerprint density at radius 2 is 1.78 bits per heavy atom. The molecule has 94 valence electrons. The predicted molar refractivity (Wildman–Crippen MR) is 77.6 cm³/mol. The van der Waals surface area contributed by atoms with Crippen LogP contribution in [0.3, 0.4) is 0 Å². The molecule has 18 heavy (non-hydrogen) atoms. The van der Waals surface area contributed by atoms with Crippen molar-refractivity contribution in [2.75, 3.05) is 0 Å². The minimum atomic E-state index is -3.80. The maximum absolute atomic E-state index is 11.5. The summed E-state index contributed by atoms with van der Waals surface area (Å²) in [6.07, 6.45) is 0. The highest BCUT2D eigenvalue weighted by Gasteiger charge is 2.17. The number of benzene rings is 2. The third-order valence-electron chi connectivity index (χ3n) is 2.34. The van der Waals surface area contributed by atoms with E-state index in [1.807, 2.05) is 0 Å². The Bertz CT molecular complexity index is 699. The maximum Gasteiger partial charge on any atom is 0.261 e. The molecule has 0 bridgehead atoms. The van der Waals surface area contributed by atoms with Crippen molar-refractivity contribution >= 4 is 47.3 Å². The van der Waals surface area contributed by atoms with Crippen molar-refractivity contribution < 1.29 is 8.42 Å².